The van der Waals surface area contributed by atoms with E-state index in [1.807, 2.05) is 0 Å². The molecule has 0 saturated heterocycles. The van der Waals surface area contributed by atoms with Crippen LogP contribution in [0.5, 0.6) is 0 Å². The molecule has 1 rings (SSSR count). The zero-order valence-electron chi connectivity index (χ0n) is 8.06. The fraction of sp³-hybridized carbons (Fsp3) is 0.200. The molecule has 0 amide bonds. The Labute approximate surface area is 86.3 Å². The minimum atomic E-state index is -0.507. The zero-order valence-corrected chi connectivity index (χ0v) is 8.06. The quantitative estimate of drug-likeness (QED) is 0.314. The van der Waals surface area contributed by atoms with Crippen molar-refractivity contribution >= 4 is 12.0 Å². The van der Waals surface area contributed by atoms with Crippen LogP contribution in [-0.4, -0.2) is 16.2 Å². The van der Waals surface area contributed by atoms with Crippen molar-refractivity contribution in [1.82, 2.24) is 4.98 Å². The second kappa shape index (κ2) is 4.86. The molecule has 0 unspecified atom stereocenters. The number of nitro groups is 1. The van der Waals surface area contributed by atoms with Crippen molar-refractivity contribution in [2.24, 2.45) is 0 Å². The van der Waals surface area contributed by atoms with E-state index in [1.165, 1.54) is 12.3 Å². The first-order valence-electron chi connectivity index (χ1n) is 4.18. The van der Waals surface area contributed by atoms with Crippen LogP contribution in [0.1, 0.15) is 17.7 Å². The van der Waals surface area contributed by atoms with Gasteiger partial charge in [0.2, 0.25) is 0 Å². The number of carbonyl (C=O) groups is 1. The van der Waals surface area contributed by atoms with Crippen LogP contribution in [0, 0.1) is 28.9 Å². The molecule has 0 aliphatic heterocycles. The maximum Gasteiger partial charge on any atom is 0.291 e. The van der Waals surface area contributed by atoms with Gasteiger partial charge < -0.3 is 4.79 Å². The van der Waals surface area contributed by atoms with Crippen molar-refractivity contribution in [3.05, 3.63) is 33.6 Å². The summed E-state index contributed by atoms with van der Waals surface area (Å²) in [7, 11) is 0. The van der Waals surface area contributed by atoms with E-state index in [0.29, 0.717) is 17.5 Å². The number of aromatic nitrogens is 1. The highest BCUT2D eigenvalue weighted by molar-refractivity contribution is 5.55. The predicted octanol–water partition coefficient (Wildman–Crippen LogP) is 1.24. The average Bonchev–Trinajstić information content (AvgIpc) is 2.20. The molecule has 5 nitrogen and oxygen atoms in total. The molecule has 1 aromatic rings. The second-order valence-electron chi connectivity index (χ2n) is 2.76. The summed E-state index contributed by atoms with van der Waals surface area (Å²) in [4.78, 5) is 23.9. The minimum absolute atomic E-state index is 0.0621. The molecule has 0 aliphatic rings. The van der Waals surface area contributed by atoms with Gasteiger partial charge in [-0.05, 0) is 6.92 Å². The molecule has 0 radical (unpaired) electrons. The van der Waals surface area contributed by atoms with E-state index in [2.05, 4.69) is 16.8 Å². The molecular weight excluding hydrogens is 196 g/mol. The van der Waals surface area contributed by atoms with Gasteiger partial charge in [-0.15, -0.1) is 0 Å². The maximum atomic E-state index is 10.6. The Kier molecular flexibility index (Phi) is 3.52. The fourth-order valence-electron chi connectivity index (χ4n) is 0.969. The number of hydrogen-bond donors (Lipinski definition) is 0. The van der Waals surface area contributed by atoms with E-state index in [9.17, 15) is 14.9 Å². The summed E-state index contributed by atoms with van der Waals surface area (Å²) < 4.78 is 0. The van der Waals surface area contributed by atoms with Crippen LogP contribution in [0.15, 0.2) is 12.3 Å². The standard InChI is InChI=1S/C10H8N2O3/c1-8-10(12(14)15)6-9(7-11-8)4-2-3-5-13/h5-7H,3H2,1H3. The average molecular weight is 204 g/mol. The number of aryl methyl sites for hydroxylation is 1. The number of pyridine rings is 1. The third-order valence-electron chi connectivity index (χ3n) is 1.68. The lowest BCUT2D eigenvalue weighted by Gasteiger charge is -1.95. The lowest BCUT2D eigenvalue weighted by Crippen LogP contribution is -1.94. The summed E-state index contributed by atoms with van der Waals surface area (Å²) in [6.45, 7) is 1.56. The summed E-state index contributed by atoms with van der Waals surface area (Å²) in [6, 6.07) is 1.35. The monoisotopic (exact) mass is 204 g/mol. The van der Waals surface area contributed by atoms with Gasteiger partial charge in [-0.3, -0.25) is 15.1 Å². The Bertz CT molecular complexity index is 457. The van der Waals surface area contributed by atoms with Gasteiger partial charge in [-0.1, -0.05) is 11.8 Å². The number of carbonyl (C=O) groups excluding carboxylic acids is 1. The summed E-state index contributed by atoms with van der Waals surface area (Å²) in [5, 5.41) is 10.6. The highest BCUT2D eigenvalue weighted by Crippen LogP contribution is 2.15. The summed E-state index contributed by atoms with van der Waals surface area (Å²) >= 11 is 0. The Morgan fingerprint density at radius 3 is 3.00 bits per heavy atom. The Balaban J connectivity index is 3.04. The van der Waals surface area contributed by atoms with E-state index in [-0.39, 0.29) is 12.1 Å². The van der Waals surface area contributed by atoms with Crippen LogP contribution in [0.3, 0.4) is 0 Å². The molecule has 15 heavy (non-hydrogen) atoms. The van der Waals surface area contributed by atoms with Crippen LogP contribution in [0.25, 0.3) is 0 Å². The summed E-state index contributed by atoms with van der Waals surface area (Å²) in [6.07, 6.45) is 2.23. The molecule has 0 saturated carbocycles. The lowest BCUT2D eigenvalue weighted by atomic mass is 10.2. The van der Waals surface area contributed by atoms with Crippen molar-refractivity contribution in [1.29, 1.82) is 0 Å². The highest BCUT2D eigenvalue weighted by atomic mass is 16.6. The third kappa shape index (κ3) is 2.88. The van der Waals surface area contributed by atoms with E-state index in [4.69, 9.17) is 0 Å². The molecule has 5 heteroatoms. The van der Waals surface area contributed by atoms with Crippen LogP contribution in [0.2, 0.25) is 0 Å². The zero-order chi connectivity index (χ0) is 11.3. The first-order chi connectivity index (χ1) is 7.15. The molecule has 0 N–H and O–H groups in total. The molecule has 1 aromatic heterocycles. The Morgan fingerprint density at radius 2 is 2.40 bits per heavy atom. The molecule has 0 aromatic carbocycles. The topological polar surface area (TPSA) is 73.1 Å². The number of nitrogens with zero attached hydrogens (tertiary/aromatic N) is 2. The Morgan fingerprint density at radius 1 is 1.67 bits per heavy atom. The molecule has 0 bridgehead atoms. The highest BCUT2D eigenvalue weighted by Gasteiger charge is 2.11. The van der Waals surface area contributed by atoms with Crippen molar-refractivity contribution < 1.29 is 9.72 Å². The first-order valence-corrected chi connectivity index (χ1v) is 4.18. The SMILES string of the molecule is Cc1ncc(C#CCC=O)cc1[N+](=O)[O-]. The van der Waals surface area contributed by atoms with E-state index >= 15 is 0 Å². The predicted molar refractivity (Wildman–Crippen MR) is 53.2 cm³/mol. The smallest absolute Gasteiger partial charge is 0.291 e. The van der Waals surface area contributed by atoms with Crippen molar-refractivity contribution in [3.63, 3.8) is 0 Å². The maximum absolute atomic E-state index is 10.6. The fourth-order valence-corrected chi connectivity index (χ4v) is 0.969. The second-order valence-corrected chi connectivity index (χ2v) is 2.76. The molecule has 0 aliphatic carbocycles. The largest absolute Gasteiger partial charge is 0.302 e. The van der Waals surface area contributed by atoms with Gasteiger partial charge in [-0.25, -0.2) is 0 Å². The number of aldehydes is 1. The van der Waals surface area contributed by atoms with E-state index in [1.54, 1.807) is 6.92 Å². The van der Waals surface area contributed by atoms with Gasteiger partial charge in [0.15, 0.2) is 0 Å². The molecule has 76 valence electrons. The van der Waals surface area contributed by atoms with E-state index < -0.39 is 4.92 Å². The van der Waals surface area contributed by atoms with Crippen molar-refractivity contribution in [3.8, 4) is 11.8 Å². The van der Waals surface area contributed by atoms with Gasteiger partial charge in [0.25, 0.3) is 5.69 Å². The van der Waals surface area contributed by atoms with Crippen LogP contribution in [-0.2, 0) is 4.79 Å². The molecular formula is C10H8N2O3. The third-order valence-corrected chi connectivity index (χ3v) is 1.68. The van der Waals surface area contributed by atoms with Crippen LogP contribution >= 0.6 is 0 Å². The van der Waals surface area contributed by atoms with Gasteiger partial charge in [0.1, 0.15) is 12.0 Å². The van der Waals surface area contributed by atoms with Gasteiger partial charge in [0.05, 0.1) is 11.3 Å². The first kappa shape index (κ1) is 10.9. The van der Waals surface area contributed by atoms with Crippen molar-refractivity contribution in [2.75, 3.05) is 0 Å². The molecule has 0 atom stereocenters. The van der Waals surface area contributed by atoms with Gasteiger partial charge in [-0.2, -0.15) is 0 Å². The summed E-state index contributed by atoms with van der Waals surface area (Å²) in [5.41, 5.74) is 0.725. The van der Waals surface area contributed by atoms with Crippen LogP contribution in [0.4, 0.5) is 5.69 Å². The Hall–Kier alpha value is -2.22. The normalized spacial score (nSPS) is 8.87. The number of rotatable bonds is 2. The molecule has 1 heterocycles. The van der Waals surface area contributed by atoms with Gasteiger partial charge >= 0.3 is 0 Å². The van der Waals surface area contributed by atoms with Crippen LogP contribution < -0.4 is 0 Å². The molecule has 0 fully saturated rings. The summed E-state index contributed by atoms with van der Waals surface area (Å²) in [5.74, 6) is 5.18. The number of hydrogen-bond acceptors (Lipinski definition) is 4. The minimum Gasteiger partial charge on any atom is -0.302 e. The van der Waals surface area contributed by atoms with E-state index in [0.717, 1.165) is 0 Å². The van der Waals surface area contributed by atoms with Crippen molar-refractivity contribution in [2.45, 2.75) is 13.3 Å². The molecule has 0 spiro atoms. The lowest BCUT2D eigenvalue weighted by molar-refractivity contribution is -0.385. The van der Waals surface area contributed by atoms with Gasteiger partial charge in [0, 0.05) is 17.8 Å².